The molecular formula is C95H102B2Br3Cl3N6O9S4. The Hall–Kier alpha value is -8.01. The number of aryl methyl sites for hydroxylation is 4. The minimum absolute atomic E-state index is 0.00870. The quantitative estimate of drug-likeness (QED) is 0.0522. The van der Waals surface area contributed by atoms with Crippen molar-refractivity contribution in [1.29, 1.82) is 0 Å². The molecule has 0 unspecified atom stereocenters. The molecule has 9 heterocycles. The Morgan fingerprint density at radius 3 is 1.14 bits per heavy atom. The molecule has 15 nitrogen and oxygen atoms in total. The number of nitrogen functional groups attached to an aromatic ring is 1. The molecule has 7 N–H and O–H groups in total. The molecule has 122 heavy (non-hydrogen) atoms. The number of halogens is 6. The van der Waals surface area contributed by atoms with Crippen LogP contribution in [-0.4, -0.2) is 83.5 Å². The number of hydrogen-bond acceptors (Lipinski definition) is 16. The summed E-state index contributed by atoms with van der Waals surface area (Å²) in [6.07, 6.45) is 7.46. The van der Waals surface area contributed by atoms with E-state index in [2.05, 4.69) is 266 Å². The number of pyridine rings is 4. The fourth-order valence-electron chi connectivity index (χ4n) is 11.6. The molecule has 14 rings (SSSR count). The van der Waals surface area contributed by atoms with Crippen LogP contribution >= 0.6 is 128 Å². The Bertz CT molecular complexity index is 5730. The topological polar surface area (TPSA) is 240 Å². The van der Waals surface area contributed by atoms with E-state index in [0.29, 0.717) is 15.6 Å². The number of aromatic nitrogens is 4. The number of nitrogens with two attached hydrogens (primary N) is 1. The van der Waals surface area contributed by atoms with E-state index in [9.17, 15) is 14.4 Å². The highest BCUT2D eigenvalue weighted by Gasteiger charge is 2.52. The first-order valence-corrected chi connectivity index (χ1v) is 45.7. The average Bonchev–Trinajstić information content (AvgIpc) is 1.63. The van der Waals surface area contributed by atoms with E-state index in [1.54, 1.807) is 52.2 Å². The zero-order valence-electron chi connectivity index (χ0n) is 72.0. The van der Waals surface area contributed by atoms with E-state index >= 15 is 0 Å². The monoisotopic (exact) mass is 1960 g/mol. The number of anilines is 2. The molecule has 1 amide bonds. The lowest BCUT2D eigenvalue weighted by molar-refractivity contribution is 0.00578. The van der Waals surface area contributed by atoms with Gasteiger partial charge in [0.25, 0.3) is 5.91 Å². The molecule has 8 aromatic heterocycles. The third-order valence-corrected chi connectivity index (χ3v) is 27.4. The van der Waals surface area contributed by atoms with Crippen molar-refractivity contribution >= 4 is 182 Å². The van der Waals surface area contributed by atoms with Gasteiger partial charge in [0.1, 0.15) is 0 Å². The van der Waals surface area contributed by atoms with Crippen molar-refractivity contribution in [1.82, 2.24) is 19.9 Å². The fourth-order valence-corrected chi connectivity index (χ4v) is 18.5. The van der Waals surface area contributed by atoms with Crippen molar-refractivity contribution in [2.75, 3.05) is 11.1 Å². The summed E-state index contributed by atoms with van der Waals surface area (Å²) in [6, 6.07) is 58.1. The molecule has 27 heteroatoms. The lowest BCUT2D eigenvalue weighted by Gasteiger charge is -2.32. The molecule has 0 bridgehead atoms. The van der Waals surface area contributed by atoms with E-state index in [0.717, 1.165) is 82.7 Å². The zero-order valence-corrected chi connectivity index (χ0v) is 82.3. The summed E-state index contributed by atoms with van der Waals surface area (Å²) in [5, 5.41) is 39.1. The number of thiophene rings is 4. The van der Waals surface area contributed by atoms with Crippen molar-refractivity contribution in [3.05, 3.63) is 300 Å². The first-order chi connectivity index (χ1) is 56.9. The number of nitrogens with zero attached hydrogens (tertiary/aromatic N) is 4. The SMILES string of the molecule is CC(C)(C)c1cc(B2OC(C)(C)C(C)(C)O2)ccn1.Cc1sc(-c2ccnc(C(C)(C)C)c2)cc1-c1ccc(C(=O)Nc2ccccc2)cc1Cl.Cc1sc(-c2ccnc(C(C)(C)C)c2)cc1-c1ccc(C(=O)O)cc1Cl.Cc1sc(-c2ccnc(C(C)(C)C)c2)cc1Br.Cc1sc(Br)cc1Br.Nc1ccccc1.O=C(O)c1ccc(B(O)O)c(Cl)c1. The lowest BCUT2D eigenvalue weighted by atomic mass is 9.77. The Balaban J connectivity index is 0.000000186. The second-order valence-electron chi connectivity index (χ2n) is 33.8. The summed E-state index contributed by atoms with van der Waals surface area (Å²) in [6.45, 7) is 42.6. The third kappa shape index (κ3) is 28.0. The van der Waals surface area contributed by atoms with Gasteiger partial charge in [-0.1, -0.05) is 172 Å². The van der Waals surface area contributed by atoms with Crippen molar-refractivity contribution in [3.63, 3.8) is 0 Å². The third-order valence-electron chi connectivity index (χ3n) is 19.4. The summed E-state index contributed by atoms with van der Waals surface area (Å²) in [4.78, 5) is 60.7. The molecule has 1 aliphatic rings. The van der Waals surface area contributed by atoms with Crippen LogP contribution in [0, 0.1) is 27.7 Å². The van der Waals surface area contributed by atoms with Gasteiger partial charge in [-0.05, 0) is 270 Å². The lowest BCUT2D eigenvalue weighted by Crippen LogP contribution is -2.41. The van der Waals surface area contributed by atoms with E-state index in [1.807, 2.05) is 127 Å². The van der Waals surface area contributed by atoms with Crippen molar-refractivity contribution < 1.29 is 44.0 Å². The molecular weight excluding hydrogens is 1870 g/mol. The molecule has 0 saturated carbocycles. The van der Waals surface area contributed by atoms with Gasteiger partial charge in [-0.2, -0.15) is 0 Å². The highest BCUT2D eigenvalue weighted by atomic mass is 79.9. The van der Waals surface area contributed by atoms with Crippen LogP contribution in [-0.2, 0) is 31.0 Å². The molecule has 13 aromatic rings. The van der Waals surface area contributed by atoms with Crippen molar-refractivity contribution in [2.45, 2.75) is 171 Å². The Labute approximate surface area is 774 Å². The highest BCUT2D eigenvalue weighted by molar-refractivity contribution is 9.11. The number of hydrogen-bond donors (Lipinski definition) is 6. The van der Waals surface area contributed by atoms with Crippen LogP contribution in [0.4, 0.5) is 11.4 Å². The Morgan fingerprint density at radius 2 is 0.795 bits per heavy atom. The van der Waals surface area contributed by atoms with Crippen LogP contribution in [0.25, 0.3) is 53.6 Å². The van der Waals surface area contributed by atoms with E-state index in [-0.39, 0.29) is 67.5 Å². The number of carbonyl (C=O) groups excluding carboxylic acids is 1. The maximum atomic E-state index is 12.6. The first kappa shape index (κ1) is 99.4. The first-order valence-electron chi connectivity index (χ1n) is 38.9. The molecule has 1 saturated heterocycles. The normalized spacial score (nSPS) is 12.7. The number of benzene rings is 5. The van der Waals surface area contributed by atoms with Gasteiger partial charge in [0.15, 0.2) is 0 Å². The number of carboxylic acid groups (broad SMARTS) is 2. The predicted molar refractivity (Wildman–Crippen MR) is 525 cm³/mol. The zero-order chi connectivity index (χ0) is 90.3. The summed E-state index contributed by atoms with van der Waals surface area (Å²) >= 11 is 35.9. The average molecular weight is 1970 g/mol. The second kappa shape index (κ2) is 42.8. The minimum Gasteiger partial charge on any atom is -0.478 e. The molecule has 1 fully saturated rings. The van der Waals surface area contributed by atoms with Gasteiger partial charge >= 0.3 is 26.2 Å². The van der Waals surface area contributed by atoms with Crippen molar-refractivity contribution in [3.8, 4) is 53.6 Å². The van der Waals surface area contributed by atoms with Crippen molar-refractivity contribution in [2.24, 2.45) is 0 Å². The van der Waals surface area contributed by atoms with Gasteiger partial charge in [-0.25, -0.2) is 9.59 Å². The number of para-hydroxylation sites is 2. The standard InChI is InChI=1S/C27H25ClN2OS.C21H20ClNO2S.C15H24BNO2.C14H16BrNS.C7H6BClO4.C6H7N.C5H4Br2S/c1-17-22(16-24(32-17)18-12-13-29-25(15-18)27(2,3)4)21-11-10-19(14-23(21)28)26(31)30-20-8-6-5-7-9-20;1-12-16(15-6-5-14(20(24)25)9-17(15)22)11-18(26-12)13-7-8-23-19(10-13)21(2,3)4;1-13(2,3)12-10-11(8-9-17-12)16-18-14(4,5)15(6,7)19-16;1-9-11(15)8-12(17-9)10-5-6-16-13(7-10)14(2,3)4;9-6-3-4(7(10)11)1-2-5(6)8(12)13;7-6-4-2-1-3-5-6;1-3-4(6)2-5(7)8-3/h5-16H,1-4H3,(H,30,31);5-11H,1-4H3,(H,24,25);8-10H,1-7H3;5-8H,1-4H3;1-3,12-13H,(H,10,11);1-5H,7H2;2H,1H3. The van der Waals surface area contributed by atoms with Crippen LogP contribution in [0.1, 0.15) is 184 Å². The maximum Gasteiger partial charge on any atom is 0.494 e. The second-order valence-corrected chi connectivity index (χ2v) is 43.2. The van der Waals surface area contributed by atoms with Gasteiger partial charge in [-0.15, -0.1) is 45.3 Å². The molecule has 5 aromatic carbocycles. The molecule has 0 atom stereocenters. The highest BCUT2D eigenvalue weighted by Crippen LogP contribution is 2.44. The Morgan fingerprint density at radius 1 is 0.434 bits per heavy atom. The van der Waals surface area contributed by atoms with Crippen LogP contribution < -0.4 is 22.0 Å². The number of aromatic carboxylic acids is 2. The van der Waals surface area contributed by atoms with Crippen LogP contribution in [0.15, 0.2) is 226 Å². The molecule has 0 spiro atoms. The van der Waals surface area contributed by atoms with E-state index in [4.69, 9.17) is 70.1 Å². The van der Waals surface area contributed by atoms with Crippen LogP contribution in [0.2, 0.25) is 15.1 Å². The van der Waals surface area contributed by atoms with Crippen LogP contribution in [0.5, 0.6) is 0 Å². The Kier molecular flexibility index (Phi) is 34.9. The maximum absolute atomic E-state index is 12.6. The molecule has 638 valence electrons. The number of nitrogens with one attached hydrogen (secondary N) is 1. The fraction of sp³-hybridized carbons (Fsp3) is 0.274. The number of carbonyl (C=O) groups is 3. The minimum atomic E-state index is -1.68. The van der Waals surface area contributed by atoms with Gasteiger partial charge in [-0.3, -0.25) is 24.7 Å². The van der Waals surface area contributed by atoms with E-state index in [1.165, 1.54) is 66.9 Å². The van der Waals surface area contributed by atoms with Gasteiger partial charge in [0, 0.05) is 161 Å². The predicted octanol–water partition coefficient (Wildman–Crippen LogP) is 26.8. The van der Waals surface area contributed by atoms with Gasteiger partial charge in [0.05, 0.1) is 26.1 Å². The van der Waals surface area contributed by atoms with Crippen LogP contribution in [0.3, 0.4) is 0 Å². The van der Waals surface area contributed by atoms with Gasteiger partial charge in [0.2, 0.25) is 0 Å². The number of amides is 1. The number of rotatable bonds is 11. The molecule has 1 aliphatic heterocycles. The smallest absolute Gasteiger partial charge is 0.478 e. The summed E-state index contributed by atoms with van der Waals surface area (Å²) < 4.78 is 15.7. The number of carboxylic acids is 2. The largest absolute Gasteiger partial charge is 0.494 e. The van der Waals surface area contributed by atoms with Gasteiger partial charge < -0.3 is 40.6 Å². The molecule has 0 aliphatic carbocycles. The molecule has 0 radical (unpaired) electrons. The summed E-state index contributed by atoms with van der Waals surface area (Å²) in [5.41, 5.74) is 20.0. The summed E-state index contributed by atoms with van der Waals surface area (Å²) in [7, 11) is -2.00. The summed E-state index contributed by atoms with van der Waals surface area (Å²) in [5.74, 6) is -2.27. The van der Waals surface area contributed by atoms with E-state index < -0.39 is 19.1 Å².